The van der Waals surface area contributed by atoms with Gasteiger partial charge >= 0.3 is 28.5 Å². The maximum atomic E-state index is 12.1. The van der Waals surface area contributed by atoms with Crippen LogP contribution < -0.4 is 5.32 Å². The third-order valence-electron chi connectivity index (χ3n) is 3.38. The molecule has 0 unspecified atom stereocenters. The molecule has 0 spiro atoms. The van der Waals surface area contributed by atoms with E-state index in [0.29, 0.717) is 5.06 Å². The van der Waals surface area contributed by atoms with Crippen LogP contribution in [0.1, 0.15) is 12.8 Å². The Bertz CT molecular complexity index is 580. The molecule has 0 aromatic carbocycles. The Hall–Kier alpha value is -1.60. The molecule has 13 heteroatoms. The molecule has 126 valence electrons. The van der Waals surface area contributed by atoms with Crippen molar-refractivity contribution in [3.8, 4) is 0 Å². The Labute approximate surface area is 122 Å². The van der Waals surface area contributed by atoms with Crippen molar-refractivity contribution in [1.82, 2.24) is 15.3 Å². The lowest BCUT2D eigenvalue weighted by molar-refractivity contribution is -0.173. The third kappa shape index (κ3) is 3.59. The van der Waals surface area contributed by atoms with Gasteiger partial charge in [0.15, 0.2) is 0 Å². The Balaban J connectivity index is 1.99. The number of hydrogen-bond acceptors (Lipinski definition) is 5. The van der Waals surface area contributed by atoms with E-state index in [1.165, 1.54) is 0 Å². The van der Waals surface area contributed by atoms with E-state index in [9.17, 15) is 31.2 Å². The molecule has 2 N–H and O–H groups in total. The molecule has 2 saturated heterocycles. The van der Waals surface area contributed by atoms with Crippen molar-refractivity contribution < 1.29 is 40.0 Å². The second kappa shape index (κ2) is 5.55. The molecule has 2 heterocycles. The van der Waals surface area contributed by atoms with E-state index in [1.54, 1.807) is 5.32 Å². The number of hydroxylamine groups is 2. The fourth-order valence-electron chi connectivity index (χ4n) is 2.43. The summed E-state index contributed by atoms with van der Waals surface area (Å²) in [7, 11) is -4.88. The van der Waals surface area contributed by atoms with Crippen LogP contribution in [0.5, 0.6) is 0 Å². The van der Waals surface area contributed by atoms with Crippen molar-refractivity contribution in [2.24, 2.45) is 0 Å². The van der Waals surface area contributed by atoms with E-state index in [2.05, 4.69) is 4.28 Å². The van der Waals surface area contributed by atoms with Gasteiger partial charge in [0.1, 0.15) is 0 Å². The van der Waals surface area contributed by atoms with Gasteiger partial charge in [-0.3, -0.25) is 9.35 Å². The summed E-state index contributed by atoms with van der Waals surface area (Å²) in [6.45, 7) is -0.391. The smallest absolute Gasteiger partial charge is 0.346 e. The molecule has 0 aromatic heterocycles. The molecule has 2 bridgehead atoms. The largest absolute Gasteiger partial charge is 0.471 e. The molecule has 2 fully saturated rings. The normalized spacial score (nSPS) is 25.5. The van der Waals surface area contributed by atoms with Crippen molar-refractivity contribution in [1.29, 1.82) is 0 Å². The first-order valence-electron chi connectivity index (χ1n) is 6.11. The van der Waals surface area contributed by atoms with Crippen LogP contribution in [0.2, 0.25) is 0 Å². The fraction of sp³-hybridized carbons (Fsp3) is 0.778. The van der Waals surface area contributed by atoms with Crippen molar-refractivity contribution in [2.45, 2.75) is 31.1 Å². The average molecular weight is 347 g/mol. The Kier molecular flexibility index (Phi) is 4.23. The molecular weight excluding hydrogens is 335 g/mol. The van der Waals surface area contributed by atoms with Gasteiger partial charge in [-0.2, -0.15) is 26.7 Å². The van der Waals surface area contributed by atoms with Gasteiger partial charge in [0.05, 0.1) is 12.1 Å². The summed E-state index contributed by atoms with van der Waals surface area (Å²) in [5.41, 5.74) is 0. The van der Waals surface area contributed by atoms with Gasteiger partial charge in [0.25, 0.3) is 0 Å². The predicted octanol–water partition coefficient (Wildman–Crippen LogP) is -0.332. The molecule has 22 heavy (non-hydrogen) atoms. The number of hydrogen-bond donors (Lipinski definition) is 2. The molecule has 0 radical (unpaired) electrons. The highest BCUT2D eigenvalue weighted by molar-refractivity contribution is 7.80. The zero-order valence-corrected chi connectivity index (χ0v) is 11.7. The molecule has 2 rings (SSSR count). The molecule has 0 aromatic rings. The van der Waals surface area contributed by atoms with Crippen LogP contribution in [-0.2, 0) is 19.5 Å². The summed E-state index contributed by atoms with van der Waals surface area (Å²) in [5, 5.41) is 2.15. The number of urea groups is 1. The topological polar surface area (TPSA) is 116 Å². The summed E-state index contributed by atoms with van der Waals surface area (Å²) >= 11 is 0. The predicted molar refractivity (Wildman–Crippen MR) is 62.4 cm³/mol. The quantitative estimate of drug-likeness (QED) is 0.673. The minimum Gasteiger partial charge on any atom is -0.346 e. The van der Waals surface area contributed by atoms with E-state index < -0.39 is 47.1 Å². The minimum absolute atomic E-state index is 0.0287. The van der Waals surface area contributed by atoms with Crippen LogP contribution in [0.4, 0.5) is 18.0 Å². The van der Waals surface area contributed by atoms with Gasteiger partial charge in [0, 0.05) is 13.1 Å². The average Bonchev–Trinajstić information content (AvgIpc) is 2.60. The molecule has 0 saturated carbocycles. The number of amides is 3. The summed E-state index contributed by atoms with van der Waals surface area (Å²) in [6.07, 6.45) is -4.52. The van der Waals surface area contributed by atoms with Gasteiger partial charge in [0.2, 0.25) is 0 Å². The van der Waals surface area contributed by atoms with Crippen LogP contribution in [0.25, 0.3) is 0 Å². The van der Waals surface area contributed by atoms with E-state index in [-0.39, 0.29) is 19.4 Å². The summed E-state index contributed by atoms with van der Waals surface area (Å²) < 4.78 is 70.4. The summed E-state index contributed by atoms with van der Waals surface area (Å²) in [4.78, 5) is 23.8. The van der Waals surface area contributed by atoms with Crippen molar-refractivity contribution >= 4 is 22.3 Å². The molecule has 2 aliphatic heterocycles. The standard InChI is InChI=1S/C9H12F3N3O6S/c10-9(11,12)7(16)13-3-5-1-2-6-4-14(5)8(17)15(6)21-22(18,19)20/h5-6H,1-4H2,(H,13,16)(H,18,19,20)/t5-,6-/m0/s1. The minimum atomic E-state index is -5.02. The molecule has 3 amide bonds. The number of carbonyl (C=O) groups is 2. The summed E-state index contributed by atoms with van der Waals surface area (Å²) in [5.74, 6) is -2.12. The number of rotatable bonds is 4. The number of fused-ring (bicyclic) bond motifs is 2. The zero-order valence-electron chi connectivity index (χ0n) is 10.9. The van der Waals surface area contributed by atoms with E-state index in [1.807, 2.05) is 0 Å². The first-order chi connectivity index (χ1) is 9.99. The summed E-state index contributed by atoms with van der Waals surface area (Å²) in [6, 6.07) is -2.25. The Morgan fingerprint density at radius 3 is 2.59 bits per heavy atom. The van der Waals surface area contributed by atoms with Crippen molar-refractivity contribution in [3.05, 3.63) is 0 Å². The van der Waals surface area contributed by atoms with E-state index in [0.717, 1.165) is 4.90 Å². The zero-order chi connectivity index (χ0) is 16.7. The Morgan fingerprint density at radius 1 is 1.41 bits per heavy atom. The number of carbonyl (C=O) groups excluding carboxylic acids is 2. The van der Waals surface area contributed by atoms with Crippen LogP contribution in [-0.4, -0.2) is 66.2 Å². The molecule has 9 nitrogen and oxygen atoms in total. The highest BCUT2D eigenvalue weighted by Gasteiger charge is 2.47. The van der Waals surface area contributed by atoms with E-state index in [4.69, 9.17) is 4.55 Å². The van der Waals surface area contributed by atoms with Crippen LogP contribution in [0, 0.1) is 0 Å². The van der Waals surface area contributed by atoms with Crippen LogP contribution in [0.3, 0.4) is 0 Å². The lowest BCUT2D eigenvalue weighted by atomic mass is 10.0. The van der Waals surface area contributed by atoms with Gasteiger partial charge in [-0.1, -0.05) is 0 Å². The Morgan fingerprint density at radius 2 is 2.05 bits per heavy atom. The monoisotopic (exact) mass is 347 g/mol. The van der Waals surface area contributed by atoms with Gasteiger partial charge < -0.3 is 10.2 Å². The maximum absolute atomic E-state index is 12.1. The first kappa shape index (κ1) is 16.8. The molecule has 2 aliphatic rings. The lowest BCUT2D eigenvalue weighted by Gasteiger charge is -2.30. The fourth-order valence-corrected chi connectivity index (χ4v) is 2.82. The number of nitrogens with zero attached hydrogens (tertiary/aromatic N) is 2. The molecular formula is C9H12F3N3O6S. The van der Waals surface area contributed by atoms with Crippen molar-refractivity contribution in [2.75, 3.05) is 13.1 Å². The van der Waals surface area contributed by atoms with Gasteiger partial charge in [-0.25, -0.2) is 4.79 Å². The van der Waals surface area contributed by atoms with Crippen LogP contribution in [0.15, 0.2) is 0 Å². The maximum Gasteiger partial charge on any atom is 0.471 e. The second-order valence-electron chi connectivity index (χ2n) is 4.86. The number of nitrogens with one attached hydrogen (secondary N) is 1. The van der Waals surface area contributed by atoms with E-state index >= 15 is 0 Å². The highest BCUT2D eigenvalue weighted by atomic mass is 32.3. The van der Waals surface area contributed by atoms with Crippen LogP contribution >= 0.6 is 0 Å². The SMILES string of the molecule is O=C1N2C[C@H](CC[C@H]2CNC(=O)C(F)(F)F)N1OS(=O)(=O)O. The second-order valence-corrected chi connectivity index (χ2v) is 5.86. The number of piperidine rings is 1. The lowest BCUT2D eigenvalue weighted by Crippen LogP contribution is -2.49. The van der Waals surface area contributed by atoms with Gasteiger partial charge in [-0.05, 0) is 12.8 Å². The number of alkyl halides is 3. The molecule has 2 atom stereocenters. The third-order valence-corrected chi connectivity index (χ3v) is 3.73. The number of halogens is 3. The highest BCUT2D eigenvalue weighted by Crippen LogP contribution is 2.30. The van der Waals surface area contributed by atoms with Gasteiger partial charge in [-0.15, -0.1) is 4.28 Å². The first-order valence-corrected chi connectivity index (χ1v) is 7.47. The molecule has 0 aliphatic carbocycles. The van der Waals surface area contributed by atoms with Crippen molar-refractivity contribution in [3.63, 3.8) is 0 Å².